The molecule has 1 aromatic heterocycles. The Kier molecular flexibility index (Phi) is 7.11. The Hall–Kier alpha value is -0.640. The number of ether oxygens (including phenoxy) is 1. The fourth-order valence-electron chi connectivity index (χ4n) is 1.78. The monoisotopic (exact) mass is 372 g/mol. The zero-order valence-corrected chi connectivity index (χ0v) is 13.8. The number of hydrogen-bond donors (Lipinski definition) is 1. The van der Waals surface area contributed by atoms with Crippen molar-refractivity contribution in [2.45, 2.75) is 18.8 Å². The lowest BCUT2D eigenvalue weighted by Crippen LogP contribution is -2.29. The van der Waals surface area contributed by atoms with Crippen LogP contribution in [0, 0.1) is 0 Å². The molecule has 1 N–H and O–H groups in total. The van der Waals surface area contributed by atoms with Gasteiger partial charge >= 0.3 is 6.18 Å². The first-order valence-electron chi connectivity index (χ1n) is 6.42. The van der Waals surface area contributed by atoms with Crippen molar-refractivity contribution < 1.29 is 17.9 Å². The second kappa shape index (κ2) is 8.11. The van der Waals surface area contributed by atoms with Gasteiger partial charge in [-0.05, 0) is 37.1 Å². The molecule has 1 unspecified atom stereocenters. The van der Waals surface area contributed by atoms with Crippen LogP contribution in [-0.2, 0) is 11.3 Å². The molecule has 0 bridgehead atoms. The molecule has 0 amide bonds. The van der Waals surface area contributed by atoms with E-state index in [0.717, 1.165) is 16.7 Å². The molecule has 0 spiro atoms. The molecule has 122 valence electrons. The molecular weight excluding hydrogens is 353 g/mol. The van der Waals surface area contributed by atoms with Crippen molar-refractivity contribution in [3.8, 4) is 0 Å². The third-order valence-electron chi connectivity index (χ3n) is 2.82. The van der Waals surface area contributed by atoms with Crippen molar-refractivity contribution in [3.63, 3.8) is 0 Å². The summed E-state index contributed by atoms with van der Waals surface area (Å²) in [5.74, 6) is 0. The number of alkyl halides is 3. The van der Waals surface area contributed by atoms with Gasteiger partial charge in [0.2, 0.25) is 0 Å². The van der Waals surface area contributed by atoms with Crippen LogP contribution < -0.4 is 5.32 Å². The van der Waals surface area contributed by atoms with E-state index in [1.807, 2.05) is 19.0 Å². The smallest absolute Gasteiger partial charge is 0.370 e. The average Bonchev–Trinajstić information content (AvgIpc) is 2.72. The molecule has 0 saturated carbocycles. The Bertz CT molecular complexity index is 437. The Morgan fingerprint density at radius 2 is 2.14 bits per heavy atom. The van der Waals surface area contributed by atoms with Gasteiger partial charge in [0.05, 0.1) is 35.6 Å². The predicted molar refractivity (Wildman–Crippen MR) is 77.2 cm³/mol. The van der Waals surface area contributed by atoms with E-state index in [9.17, 15) is 13.2 Å². The minimum atomic E-state index is -4.32. The molecule has 0 aliphatic rings. The van der Waals surface area contributed by atoms with Crippen molar-refractivity contribution in [3.05, 3.63) is 16.4 Å². The van der Waals surface area contributed by atoms with E-state index < -0.39 is 12.8 Å². The molecule has 0 aliphatic carbocycles. The van der Waals surface area contributed by atoms with Crippen LogP contribution in [0.1, 0.15) is 11.7 Å². The van der Waals surface area contributed by atoms with Gasteiger partial charge < -0.3 is 15.0 Å². The molecule has 0 aliphatic heterocycles. The fourth-order valence-corrected chi connectivity index (χ4v) is 2.36. The molecule has 0 aromatic carbocycles. The van der Waals surface area contributed by atoms with E-state index in [2.05, 4.69) is 26.3 Å². The van der Waals surface area contributed by atoms with Crippen LogP contribution in [0.4, 0.5) is 13.2 Å². The second-order valence-electron chi connectivity index (χ2n) is 4.88. The van der Waals surface area contributed by atoms with Crippen LogP contribution >= 0.6 is 15.9 Å². The lowest BCUT2D eigenvalue weighted by Gasteiger charge is -2.20. The van der Waals surface area contributed by atoms with Crippen LogP contribution in [0.15, 0.2) is 10.7 Å². The third-order valence-corrected chi connectivity index (χ3v) is 3.43. The summed E-state index contributed by atoms with van der Waals surface area (Å²) < 4.78 is 43.7. The number of hydrogen-bond acceptors (Lipinski definition) is 4. The molecule has 1 rings (SSSR count). The molecule has 1 aromatic rings. The zero-order chi connectivity index (χ0) is 16.0. The van der Waals surface area contributed by atoms with Gasteiger partial charge in [-0.3, -0.25) is 4.68 Å². The highest BCUT2D eigenvalue weighted by molar-refractivity contribution is 9.10. The topological polar surface area (TPSA) is 42.3 Å². The Morgan fingerprint density at radius 1 is 1.48 bits per heavy atom. The number of nitrogens with one attached hydrogen (secondary N) is 1. The molecule has 5 nitrogen and oxygen atoms in total. The molecule has 0 fully saturated rings. The third kappa shape index (κ3) is 6.33. The van der Waals surface area contributed by atoms with Gasteiger partial charge in [-0.15, -0.1) is 0 Å². The highest BCUT2D eigenvalue weighted by Crippen LogP contribution is 2.24. The highest BCUT2D eigenvalue weighted by Gasteiger charge is 2.28. The van der Waals surface area contributed by atoms with Gasteiger partial charge in [-0.2, -0.15) is 18.3 Å². The maximum Gasteiger partial charge on any atom is 0.411 e. The van der Waals surface area contributed by atoms with Crippen molar-refractivity contribution in [1.82, 2.24) is 20.0 Å². The van der Waals surface area contributed by atoms with Gasteiger partial charge in [0.25, 0.3) is 0 Å². The summed E-state index contributed by atoms with van der Waals surface area (Å²) in [7, 11) is 5.57. The summed E-state index contributed by atoms with van der Waals surface area (Å²) in [5.41, 5.74) is 0.779. The number of halogens is 4. The van der Waals surface area contributed by atoms with E-state index in [1.165, 1.54) is 0 Å². The Balaban J connectivity index is 2.72. The minimum Gasteiger partial charge on any atom is -0.370 e. The first kappa shape index (κ1) is 18.4. The Labute approximate surface area is 130 Å². The minimum absolute atomic E-state index is 0.0811. The van der Waals surface area contributed by atoms with E-state index in [0.29, 0.717) is 6.54 Å². The van der Waals surface area contributed by atoms with Gasteiger partial charge in [-0.1, -0.05) is 0 Å². The SMILES string of the molecule is CNC(COCC(F)(F)F)c1c(Br)cnn1CCN(C)C. The molecule has 21 heavy (non-hydrogen) atoms. The largest absolute Gasteiger partial charge is 0.411 e. The van der Waals surface area contributed by atoms with E-state index in [1.54, 1.807) is 17.9 Å². The van der Waals surface area contributed by atoms with Crippen LogP contribution in [0.5, 0.6) is 0 Å². The lowest BCUT2D eigenvalue weighted by atomic mass is 10.2. The summed E-state index contributed by atoms with van der Waals surface area (Å²) in [6, 6.07) is -0.369. The fraction of sp³-hybridized carbons (Fsp3) is 0.750. The van der Waals surface area contributed by atoms with Crippen LogP contribution in [0.2, 0.25) is 0 Å². The molecule has 9 heteroatoms. The van der Waals surface area contributed by atoms with Gasteiger partial charge in [0.1, 0.15) is 6.61 Å². The van der Waals surface area contributed by atoms with E-state index >= 15 is 0 Å². The summed E-state index contributed by atoms with van der Waals surface area (Å²) in [4.78, 5) is 2.01. The zero-order valence-electron chi connectivity index (χ0n) is 12.2. The van der Waals surface area contributed by atoms with Gasteiger partial charge in [0.15, 0.2) is 0 Å². The van der Waals surface area contributed by atoms with Crippen LogP contribution in [0.3, 0.4) is 0 Å². The van der Waals surface area contributed by atoms with Gasteiger partial charge in [0, 0.05) is 6.54 Å². The van der Waals surface area contributed by atoms with E-state index in [4.69, 9.17) is 4.74 Å². The molecule has 1 heterocycles. The summed E-state index contributed by atoms with van der Waals surface area (Å²) in [5, 5.41) is 7.20. The first-order valence-corrected chi connectivity index (χ1v) is 7.21. The number of rotatable bonds is 8. The molecule has 0 radical (unpaired) electrons. The Morgan fingerprint density at radius 3 is 2.67 bits per heavy atom. The normalized spacial score (nSPS) is 13.9. The molecular formula is C12H20BrF3N4O. The maximum atomic E-state index is 12.1. The second-order valence-corrected chi connectivity index (χ2v) is 5.73. The summed E-state index contributed by atoms with van der Waals surface area (Å²) in [6.07, 6.45) is -2.68. The maximum absolute atomic E-state index is 12.1. The van der Waals surface area contributed by atoms with Crippen molar-refractivity contribution >= 4 is 15.9 Å². The molecule has 0 saturated heterocycles. The lowest BCUT2D eigenvalue weighted by molar-refractivity contribution is -0.175. The molecule has 1 atom stereocenters. The summed E-state index contributed by atoms with van der Waals surface area (Å²) >= 11 is 3.38. The number of nitrogens with zero attached hydrogens (tertiary/aromatic N) is 3. The first-order chi connectivity index (χ1) is 9.74. The van der Waals surface area contributed by atoms with E-state index in [-0.39, 0.29) is 12.6 Å². The standard InChI is InChI=1S/C12H20BrF3N4O/c1-17-10(7-21-8-12(14,15)16)11-9(13)6-18-20(11)5-4-19(2)3/h6,10,17H,4-5,7-8H2,1-3H3. The quantitative estimate of drug-likeness (QED) is 0.758. The van der Waals surface area contributed by atoms with Crippen molar-refractivity contribution in [2.75, 3.05) is 40.9 Å². The van der Waals surface area contributed by atoms with Crippen molar-refractivity contribution in [1.29, 1.82) is 0 Å². The van der Waals surface area contributed by atoms with Crippen LogP contribution in [-0.4, -0.2) is 61.8 Å². The summed E-state index contributed by atoms with van der Waals surface area (Å²) in [6.45, 7) is 0.0866. The van der Waals surface area contributed by atoms with Crippen molar-refractivity contribution in [2.24, 2.45) is 0 Å². The number of likely N-dealkylation sites (N-methyl/N-ethyl adjacent to an activating group) is 2. The average molecular weight is 373 g/mol. The van der Waals surface area contributed by atoms with Gasteiger partial charge in [-0.25, -0.2) is 0 Å². The highest BCUT2D eigenvalue weighted by atomic mass is 79.9. The number of aromatic nitrogens is 2. The van der Waals surface area contributed by atoms with Crippen LogP contribution in [0.25, 0.3) is 0 Å². The predicted octanol–water partition coefficient (Wildman–Crippen LogP) is 2.05.